The third-order valence-electron chi connectivity index (χ3n) is 2.71. The molecular formula is C15H34FN3O. The fourth-order valence-corrected chi connectivity index (χ4v) is 1.39. The number of carbonyl (C=O) groups is 1. The molecule has 0 aromatic rings. The summed E-state index contributed by atoms with van der Waals surface area (Å²) in [7, 11) is 4.40. The Kier molecular flexibility index (Phi) is 17.1. The highest BCUT2D eigenvalue weighted by molar-refractivity contribution is 5.73. The molecule has 0 spiro atoms. The summed E-state index contributed by atoms with van der Waals surface area (Å²) in [6.45, 7) is 16.4. The summed E-state index contributed by atoms with van der Waals surface area (Å²) in [5, 5.41) is 2.99. The minimum atomic E-state index is -0.528. The van der Waals surface area contributed by atoms with Gasteiger partial charge in [-0.3, -0.25) is 0 Å². The van der Waals surface area contributed by atoms with Gasteiger partial charge in [0, 0.05) is 21.1 Å². The first kappa shape index (κ1) is 24.0. The number of amides is 2. The summed E-state index contributed by atoms with van der Waals surface area (Å²) in [5.41, 5.74) is 0. The highest BCUT2D eigenvalue weighted by Gasteiger charge is 2.26. The number of halogens is 1. The number of urea groups is 1. The van der Waals surface area contributed by atoms with E-state index >= 15 is 0 Å². The average molecular weight is 291 g/mol. The van der Waals surface area contributed by atoms with E-state index in [4.69, 9.17) is 0 Å². The summed E-state index contributed by atoms with van der Waals surface area (Å²) >= 11 is 0. The molecule has 0 aliphatic rings. The molecule has 5 heteroatoms. The lowest BCUT2D eigenvalue weighted by molar-refractivity contribution is -0.0666. The largest absolute Gasteiger partial charge is 0.341 e. The van der Waals surface area contributed by atoms with E-state index < -0.39 is 6.17 Å². The van der Waals surface area contributed by atoms with Gasteiger partial charge in [-0.15, -0.1) is 22.8 Å². The molecule has 1 unspecified atom stereocenters. The number of rotatable bonds is 4. The van der Waals surface area contributed by atoms with Gasteiger partial charge in [0.1, 0.15) is 6.17 Å². The van der Waals surface area contributed by atoms with Gasteiger partial charge in [0.15, 0.2) is 0 Å². The molecule has 0 bridgehead atoms. The molecule has 0 radical (unpaired) electrons. The maximum absolute atomic E-state index is 13.0. The lowest BCUT2D eigenvalue weighted by atomic mass is 10.1. The van der Waals surface area contributed by atoms with E-state index in [9.17, 15) is 9.28 Å². The van der Waals surface area contributed by atoms with Crippen LogP contribution in [-0.4, -0.2) is 43.4 Å². The Hall–Kier alpha value is -1.10. The molecule has 0 aliphatic carbocycles. The van der Waals surface area contributed by atoms with Crippen LogP contribution in [0.5, 0.6) is 0 Å². The van der Waals surface area contributed by atoms with Gasteiger partial charge < -0.3 is 10.2 Å². The molecule has 4 nitrogen and oxygen atoms in total. The SMILES string of the molecule is C=C.CCC(C)C.CNC(=O)N(C)C(C(C)C)N(C)F. The van der Waals surface area contributed by atoms with Gasteiger partial charge in [-0.2, -0.15) is 0 Å². The molecule has 1 atom stereocenters. The summed E-state index contributed by atoms with van der Waals surface area (Å²) in [5.74, 6) is 0.923. The standard InChI is InChI=1S/C8H18FN3O.C5H12.C2H4/c1-6(2)7(12(5)9)11(4)8(13)10-3;1-4-5(2)3;1-2/h6-7H,1-5H3,(H,10,13);5H,4H2,1-3H3;1-2H2. The number of nitrogens with one attached hydrogen (secondary N) is 1. The van der Waals surface area contributed by atoms with Crippen molar-refractivity contribution >= 4 is 6.03 Å². The molecule has 1 N–H and O–H groups in total. The molecule has 0 aliphatic heterocycles. The first-order valence-electron chi connectivity index (χ1n) is 7.02. The average Bonchev–Trinajstić information content (AvgIpc) is 2.39. The van der Waals surface area contributed by atoms with E-state index in [2.05, 4.69) is 39.2 Å². The summed E-state index contributed by atoms with van der Waals surface area (Å²) in [6, 6.07) is -0.289. The van der Waals surface area contributed by atoms with E-state index in [0.29, 0.717) is 5.12 Å². The van der Waals surface area contributed by atoms with E-state index in [1.165, 1.54) is 25.4 Å². The normalized spacial score (nSPS) is 11.2. The summed E-state index contributed by atoms with van der Waals surface area (Å²) < 4.78 is 13.0. The Morgan fingerprint density at radius 2 is 1.55 bits per heavy atom. The Balaban J connectivity index is -0.000000346. The molecule has 0 saturated carbocycles. The van der Waals surface area contributed by atoms with Crippen molar-refractivity contribution in [3.8, 4) is 0 Å². The van der Waals surface area contributed by atoms with Crippen molar-refractivity contribution in [1.82, 2.24) is 15.3 Å². The van der Waals surface area contributed by atoms with Gasteiger partial charge in [0.2, 0.25) is 0 Å². The first-order valence-corrected chi connectivity index (χ1v) is 7.02. The third kappa shape index (κ3) is 12.0. The van der Waals surface area contributed by atoms with Gasteiger partial charge in [-0.25, -0.2) is 4.79 Å². The number of hydrogen-bond donors (Lipinski definition) is 1. The maximum Gasteiger partial charge on any atom is 0.318 e. The summed E-state index contributed by atoms with van der Waals surface area (Å²) in [4.78, 5) is 12.5. The van der Waals surface area contributed by atoms with Crippen molar-refractivity contribution in [2.24, 2.45) is 11.8 Å². The van der Waals surface area contributed by atoms with Crippen molar-refractivity contribution in [2.75, 3.05) is 21.1 Å². The van der Waals surface area contributed by atoms with E-state index in [0.717, 1.165) is 5.92 Å². The Labute approximate surface area is 125 Å². The predicted octanol–water partition coefficient (Wildman–Crippen LogP) is 3.91. The molecule has 0 saturated heterocycles. The summed E-state index contributed by atoms with van der Waals surface area (Å²) in [6.07, 6.45) is 0.778. The lowest BCUT2D eigenvalue weighted by Crippen LogP contribution is -2.50. The van der Waals surface area contributed by atoms with E-state index in [-0.39, 0.29) is 11.9 Å². The number of nitrogens with zero attached hydrogens (tertiary/aromatic N) is 2. The van der Waals surface area contributed by atoms with Gasteiger partial charge >= 0.3 is 6.03 Å². The van der Waals surface area contributed by atoms with Crippen molar-refractivity contribution in [3.05, 3.63) is 13.2 Å². The zero-order chi connectivity index (χ0) is 16.9. The minimum Gasteiger partial charge on any atom is -0.341 e. The Bertz CT molecular complexity index is 225. The highest BCUT2D eigenvalue weighted by Crippen LogP contribution is 2.12. The van der Waals surface area contributed by atoms with Crippen LogP contribution in [0.15, 0.2) is 13.2 Å². The molecular weight excluding hydrogens is 257 g/mol. The van der Waals surface area contributed by atoms with Crippen LogP contribution in [0.4, 0.5) is 9.28 Å². The fourth-order valence-electron chi connectivity index (χ4n) is 1.39. The second kappa shape index (κ2) is 14.3. The van der Waals surface area contributed by atoms with E-state index in [1.807, 2.05) is 13.8 Å². The van der Waals surface area contributed by atoms with Crippen molar-refractivity contribution in [2.45, 2.75) is 47.2 Å². The zero-order valence-electron chi connectivity index (χ0n) is 14.5. The van der Waals surface area contributed by atoms with Gasteiger partial charge in [-0.05, 0) is 11.8 Å². The topological polar surface area (TPSA) is 35.6 Å². The number of carbonyl (C=O) groups excluding carboxylic acids is 1. The Morgan fingerprint density at radius 1 is 1.20 bits per heavy atom. The third-order valence-corrected chi connectivity index (χ3v) is 2.71. The molecule has 0 rings (SSSR count). The van der Waals surface area contributed by atoms with Gasteiger partial charge in [0.05, 0.1) is 0 Å². The molecule has 2 amide bonds. The van der Waals surface area contributed by atoms with Gasteiger partial charge in [0.25, 0.3) is 0 Å². The lowest BCUT2D eigenvalue weighted by Gasteiger charge is -2.32. The number of hydrogen-bond acceptors (Lipinski definition) is 2. The molecule has 0 aromatic heterocycles. The maximum atomic E-state index is 13.0. The van der Waals surface area contributed by atoms with Crippen LogP contribution in [0, 0.1) is 11.8 Å². The quantitative estimate of drug-likeness (QED) is 0.484. The second-order valence-corrected chi connectivity index (χ2v) is 5.15. The van der Waals surface area contributed by atoms with Crippen molar-refractivity contribution in [1.29, 1.82) is 0 Å². The molecule has 20 heavy (non-hydrogen) atoms. The van der Waals surface area contributed by atoms with Gasteiger partial charge in [-0.1, -0.05) is 41.0 Å². The monoisotopic (exact) mass is 291 g/mol. The van der Waals surface area contributed by atoms with Crippen molar-refractivity contribution in [3.63, 3.8) is 0 Å². The second-order valence-electron chi connectivity index (χ2n) is 5.15. The van der Waals surface area contributed by atoms with Crippen LogP contribution >= 0.6 is 0 Å². The van der Waals surface area contributed by atoms with E-state index in [1.54, 1.807) is 7.05 Å². The molecule has 122 valence electrons. The zero-order valence-corrected chi connectivity index (χ0v) is 14.5. The van der Waals surface area contributed by atoms with Crippen LogP contribution in [0.1, 0.15) is 41.0 Å². The van der Waals surface area contributed by atoms with Crippen LogP contribution in [0.2, 0.25) is 0 Å². The predicted molar refractivity (Wildman–Crippen MR) is 86.1 cm³/mol. The minimum absolute atomic E-state index is 0.0392. The van der Waals surface area contributed by atoms with Crippen molar-refractivity contribution < 1.29 is 9.28 Å². The first-order chi connectivity index (χ1) is 9.18. The van der Waals surface area contributed by atoms with Crippen LogP contribution < -0.4 is 5.32 Å². The molecule has 0 heterocycles. The Morgan fingerprint density at radius 3 is 1.70 bits per heavy atom. The highest BCUT2D eigenvalue weighted by atomic mass is 19.2. The molecule has 0 fully saturated rings. The molecule has 0 aromatic carbocycles. The van der Waals surface area contributed by atoms with Crippen LogP contribution in [0.3, 0.4) is 0 Å². The van der Waals surface area contributed by atoms with Crippen LogP contribution in [-0.2, 0) is 0 Å². The smallest absolute Gasteiger partial charge is 0.318 e. The van der Waals surface area contributed by atoms with Crippen LogP contribution in [0.25, 0.3) is 0 Å². The fraction of sp³-hybridized carbons (Fsp3) is 0.800.